The van der Waals surface area contributed by atoms with Gasteiger partial charge in [-0.1, -0.05) is 5.16 Å². The predicted molar refractivity (Wildman–Crippen MR) is 47.6 cm³/mol. The molecule has 6 nitrogen and oxygen atoms in total. The van der Waals surface area contributed by atoms with Crippen LogP contribution in [0.4, 0.5) is 4.79 Å². The van der Waals surface area contributed by atoms with Crippen LogP contribution in [0.3, 0.4) is 0 Å². The van der Waals surface area contributed by atoms with Crippen LogP contribution in [0.25, 0.3) is 0 Å². The SMILES string of the molecule is CC(C)OC(=O)NCCc1ncno1. The molecule has 0 fully saturated rings. The maximum absolute atomic E-state index is 11.0. The van der Waals surface area contributed by atoms with Crippen LogP contribution in [0, 0.1) is 0 Å². The first-order valence-electron chi connectivity index (χ1n) is 4.38. The average Bonchev–Trinajstić information content (AvgIpc) is 2.55. The van der Waals surface area contributed by atoms with Crippen LogP contribution in [0.5, 0.6) is 0 Å². The lowest BCUT2D eigenvalue weighted by molar-refractivity contribution is 0.115. The van der Waals surface area contributed by atoms with Crippen molar-refractivity contribution in [2.45, 2.75) is 26.4 Å². The molecule has 0 aliphatic carbocycles. The fourth-order valence-corrected chi connectivity index (χ4v) is 0.833. The quantitative estimate of drug-likeness (QED) is 0.774. The summed E-state index contributed by atoms with van der Waals surface area (Å²) >= 11 is 0. The molecule has 1 amide bonds. The van der Waals surface area contributed by atoms with Crippen LogP contribution in [0.15, 0.2) is 10.9 Å². The van der Waals surface area contributed by atoms with Gasteiger partial charge < -0.3 is 14.6 Å². The lowest BCUT2D eigenvalue weighted by Gasteiger charge is -2.08. The molecule has 78 valence electrons. The second kappa shape index (κ2) is 5.21. The van der Waals surface area contributed by atoms with Gasteiger partial charge in [0.1, 0.15) is 0 Å². The maximum atomic E-state index is 11.0. The summed E-state index contributed by atoms with van der Waals surface area (Å²) in [6, 6.07) is 0. The lowest BCUT2D eigenvalue weighted by atomic mass is 10.4. The van der Waals surface area contributed by atoms with E-state index in [1.807, 2.05) is 0 Å². The molecule has 0 aliphatic heterocycles. The second-order valence-corrected chi connectivity index (χ2v) is 2.97. The Morgan fingerprint density at radius 3 is 3.07 bits per heavy atom. The molecule has 0 aromatic carbocycles. The number of rotatable bonds is 4. The Hall–Kier alpha value is -1.59. The summed E-state index contributed by atoms with van der Waals surface area (Å²) in [7, 11) is 0. The molecule has 1 heterocycles. The highest BCUT2D eigenvalue weighted by Gasteiger charge is 2.04. The third-order valence-electron chi connectivity index (χ3n) is 1.36. The summed E-state index contributed by atoms with van der Waals surface area (Å²) in [6.07, 6.45) is 1.28. The standard InChI is InChI=1S/C8H13N3O3/c1-6(2)13-8(12)9-4-3-7-10-5-11-14-7/h5-6H,3-4H2,1-2H3,(H,9,12). The number of carbonyl (C=O) groups is 1. The molecule has 0 unspecified atom stereocenters. The molecule has 0 aliphatic rings. The summed E-state index contributed by atoms with van der Waals surface area (Å²) in [4.78, 5) is 14.8. The van der Waals surface area contributed by atoms with Crippen LogP contribution in [0.2, 0.25) is 0 Å². The minimum Gasteiger partial charge on any atom is -0.447 e. The van der Waals surface area contributed by atoms with Gasteiger partial charge in [0.2, 0.25) is 5.89 Å². The fraction of sp³-hybridized carbons (Fsp3) is 0.625. The number of aromatic nitrogens is 2. The summed E-state index contributed by atoms with van der Waals surface area (Å²) in [5, 5.41) is 6.00. The van der Waals surface area contributed by atoms with E-state index in [0.29, 0.717) is 18.9 Å². The van der Waals surface area contributed by atoms with E-state index >= 15 is 0 Å². The number of hydrogen-bond acceptors (Lipinski definition) is 5. The first kappa shape index (κ1) is 10.5. The van der Waals surface area contributed by atoms with Crippen LogP contribution in [0.1, 0.15) is 19.7 Å². The van der Waals surface area contributed by atoms with Crippen molar-refractivity contribution >= 4 is 6.09 Å². The van der Waals surface area contributed by atoms with E-state index in [-0.39, 0.29) is 6.10 Å². The number of ether oxygens (including phenoxy) is 1. The van der Waals surface area contributed by atoms with Crippen molar-refractivity contribution in [2.75, 3.05) is 6.54 Å². The number of nitrogens with one attached hydrogen (secondary N) is 1. The molecule has 6 heteroatoms. The van der Waals surface area contributed by atoms with Crippen molar-refractivity contribution in [1.29, 1.82) is 0 Å². The summed E-state index contributed by atoms with van der Waals surface area (Å²) in [5.74, 6) is 0.495. The van der Waals surface area contributed by atoms with E-state index in [4.69, 9.17) is 9.26 Å². The molecule has 14 heavy (non-hydrogen) atoms. The van der Waals surface area contributed by atoms with Crippen molar-refractivity contribution in [3.63, 3.8) is 0 Å². The Balaban J connectivity index is 2.12. The Morgan fingerprint density at radius 1 is 1.71 bits per heavy atom. The molecule has 1 aromatic heterocycles. The molecule has 0 atom stereocenters. The normalized spacial score (nSPS) is 10.2. The van der Waals surface area contributed by atoms with E-state index in [2.05, 4.69) is 15.5 Å². The Labute approximate surface area is 81.6 Å². The number of amides is 1. The van der Waals surface area contributed by atoms with Crippen molar-refractivity contribution < 1.29 is 14.1 Å². The summed E-state index contributed by atoms with van der Waals surface area (Å²) in [5.41, 5.74) is 0. The second-order valence-electron chi connectivity index (χ2n) is 2.97. The first-order chi connectivity index (χ1) is 6.68. The van der Waals surface area contributed by atoms with E-state index < -0.39 is 6.09 Å². The molecular weight excluding hydrogens is 186 g/mol. The monoisotopic (exact) mass is 199 g/mol. The molecule has 0 spiro atoms. The van der Waals surface area contributed by atoms with Gasteiger partial charge in [0.15, 0.2) is 6.33 Å². The molecule has 0 radical (unpaired) electrons. The third-order valence-corrected chi connectivity index (χ3v) is 1.36. The van der Waals surface area contributed by atoms with Gasteiger partial charge >= 0.3 is 6.09 Å². The molecule has 0 saturated heterocycles. The van der Waals surface area contributed by atoms with Crippen molar-refractivity contribution in [2.24, 2.45) is 0 Å². The number of alkyl carbamates (subject to hydrolysis) is 1. The van der Waals surface area contributed by atoms with E-state index in [0.717, 1.165) is 0 Å². The minimum absolute atomic E-state index is 0.113. The minimum atomic E-state index is -0.431. The lowest BCUT2D eigenvalue weighted by Crippen LogP contribution is -2.28. The van der Waals surface area contributed by atoms with Gasteiger partial charge in [-0.05, 0) is 13.8 Å². The average molecular weight is 199 g/mol. The number of carbonyl (C=O) groups excluding carboxylic acids is 1. The molecule has 1 rings (SSSR count). The van der Waals surface area contributed by atoms with Crippen LogP contribution in [-0.4, -0.2) is 28.9 Å². The van der Waals surface area contributed by atoms with Gasteiger partial charge in [0.05, 0.1) is 6.10 Å². The van der Waals surface area contributed by atoms with Crippen molar-refractivity contribution in [1.82, 2.24) is 15.5 Å². The van der Waals surface area contributed by atoms with Gasteiger partial charge in [0.25, 0.3) is 0 Å². The third kappa shape index (κ3) is 3.88. The van der Waals surface area contributed by atoms with Crippen molar-refractivity contribution in [3.05, 3.63) is 12.2 Å². The van der Waals surface area contributed by atoms with Gasteiger partial charge in [0, 0.05) is 13.0 Å². The van der Waals surface area contributed by atoms with Crippen molar-refractivity contribution in [3.8, 4) is 0 Å². The zero-order valence-corrected chi connectivity index (χ0v) is 8.19. The Bertz CT molecular complexity index is 271. The van der Waals surface area contributed by atoms with E-state index in [1.54, 1.807) is 13.8 Å². The largest absolute Gasteiger partial charge is 0.447 e. The van der Waals surface area contributed by atoms with E-state index in [1.165, 1.54) is 6.33 Å². The summed E-state index contributed by atoms with van der Waals surface area (Å²) in [6.45, 7) is 4.00. The fourth-order valence-electron chi connectivity index (χ4n) is 0.833. The smallest absolute Gasteiger partial charge is 0.407 e. The zero-order chi connectivity index (χ0) is 10.4. The maximum Gasteiger partial charge on any atom is 0.407 e. The Morgan fingerprint density at radius 2 is 2.50 bits per heavy atom. The van der Waals surface area contributed by atoms with Crippen LogP contribution >= 0.6 is 0 Å². The number of nitrogens with zero attached hydrogens (tertiary/aromatic N) is 2. The topological polar surface area (TPSA) is 77.2 Å². The van der Waals surface area contributed by atoms with Gasteiger partial charge in [-0.15, -0.1) is 0 Å². The highest BCUT2D eigenvalue weighted by molar-refractivity contribution is 5.67. The van der Waals surface area contributed by atoms with E-state index in [9.17, 15) is 4.79 Å². The predicted octanol–water partition coefficient (Wildman–Crippen LogP) is 0.747. The molecular formula is C8H13N3O3. The molecule has 1 N–H and O–H groups in total. The van der Waals surface area contributed by atoms with Gasteiger partial charge in [-0.3, -0.25) is 0 Å². The molecule has 0 saturated carbocycles. The van der Waals surface area contributed by atoms with Crippen LogP contribution in [-0.2, 0) is 11.2 Å². The zero-order valence-electron chi connectivity index (χ0n) is 8.19. The highest BCUT2D eigenvalue weighted by atomic mass is 16.6. The van der Waals surface area contributed by atoms with Gasteiger partial charge in [-0.25, -0.2) is 4.79 Å². The summed E-state index contributed by atoms with van der Waals surface area (Å²) < 4.78 is 9.60. The first-order valence-corrected chi connectivity index (χ1v) is 4.38. The van der Waals surface area contributed by atoms with Gasteiger partial charge in [-0.2, -0.15) is 4.98 Å². The molecule has 1 aromatic rings. The van der Waals surface area contributed by atoms with Crippen LogP contribution < -0.4 is 5.32 Å². The Kier molecular flexibility index (Phi) is 3.90. The number of hydrogen-bond donors (Lipinski definition) is 1. The molecule has 0 bridgehead atoms. The highest BCUT2D eigenvalue weighted by Crippen LogP contribution is 1.92.